The molecule has 7 nitrogen and oxygen atoms in total. The monoisotopic (exact) mass is 179 g/mol. The van der Waals surface area contributed by atoms with Crippen LogP contribution in [0, 0.1) is 17.0 Å². The molecule has 0 radical (unpaired) electrons. The van der Waals surface area contributed by atoms with Crippen LogP contribution in [0.4, 0.5) is 5.69 Å². The van der Waals surface area contributed by atoms with Crippen LogP contribution in [0.5, 0.6) is 0 Å². The predicted molar refractivity (Wildman–Crippen MR) is 42.2 cm³/mol. The first-order valence-electron chi connectivity index (χ1n) is 3.51. The highest BCUT2D eigenvalue weighted by atomic mass is 16.6. The molecule has 2 aromatic rings. The Morgan fingerprint density at radius 2 is 2.38 bits per heavy atom. The van der Waals surface area contributed by atoms with Gasteiger partial charge >= 0.3 is 0 Å². The van der Waals surface area contributed by atoms with Crippen molar-refractivity contribution in [3.05, 3.63) is 27.9 Å². The molecule has 0 unspecified atom stereocenters. The molecule has 0 aromatic carbocycles. The van der Waals surface area contributed by atoms with E-state index in [-0.39, 0.29) is 5.69 Å². The molecule has 0 aliphatic carbocycles. The zero-order valence-corrected chi connectivity index (χ0v) is 6.71. The van der Waals surface area contributed by atoms with Gasteiger partial charge in [-0.2, -0.15) is 4.52 Å². The molecule has 0 bridgehead atoms. The summed E-state index contributed by atoms with van der Waals surface area (Å²) in [4.78, 5) is 9.96. The third-order valence-electron chi connectivity index (χ3n) is 1.68. The number of aromatic nitrogens is 4. The van der Waals surface area contributed by atoms with E-state index in [1.165, 1.54) is 16.8 Å². The molecule has 0 spiro atoms. The highest BCUT2D eigenvalue weighted by Crippen LogP contribution is 2.14. The Bertz CT molecular complexity index is 477. The molecule has 7 heteroatoms. The van der Waals surface area contributed by atoms with Gasteiger partial charge in [0.25, 0.3) is 5.69 Å². The first-order chi connectivity index (χ1) is 6.18. The second-order valence-electron chi connectivity index (χ2n) is 2.59. The van der Waals surface area contributed by atoms with Gasteiger partial charge < -0.3 is 0 Å². The molecular formula is C6H5N5O2. The van der Waals surface area contributed by atoms with E-state index in [0.717, 1.165) is 0 Å². The van der Waals surface area contributed by atoms with Gasteiger partial charge in [0.15, 0.2) is 5.65 Å². The second kappa shape index (κ2) is 2.47. The van der Waals surface area contributed by atoms with Crippen LogP contribution in [0.15, 0.2) is 12.3 Å². The minimum atomic E-state index is -0.478. The summed E-state index contributed by atoms with van der Waals surface area (Å²) >= 11 is 0. The molecule has 2 rings (SSSR count). The number of pyridine rings is 1. The van der Waals surface area contributed by atoms with Crippen LogP contribution in [-0.4, -0.2) is 25.0 Å². The van der Waals surface area contributed by atoms with Crippen LogP contribution >= 0.6 is 0 Å². The fraction of sp³-hybridized carbons (Fsp3) is 0.167. The van der Waals surface area contributed by atoms with E-state index in [0.29, 0.717) is 11.2 Å². The van der Waals surface area contributed by atoms with E-state index in [1.807, 2.05) is 0 Å². The Labute approximate surface area is 72.1 Å². The van der Waals surface area contributed by atoms with Crippen molar-refractivity contribution in [1.29, 1.82) is 0 Å². The predicted octanol–water partition coefficient (Wildman–Crippen LogP) is 0.341. The maximum atomic E-state index is 10.4. The smallest absolute Gasteiger partial charge is 0.258 e. The molecule has 0 N–H and O–H groups in total. The van der Waals surface area contributed by atoms with Crippen LogP contribution in [-0.2, 0) is 0 Å². The summed E-state index contributed by atoms with van der Waals surface area (Å²) in [6, 6.07) is 1.44. The van der Waals surface area contributed by atoms with E-state index in [4.69, 9.17) is 0 Å². The number of rotatable bonds is 1. The van der Waals surface area contributed by atoms with E-state index >= 15 is 0 Å². The fourth-order valence-corrected chi connectivity index (χ4v) is 1.09. The fourth-order valence-electron chi connectivity index (χ4n) is 1.09. The lowest BCUT2D eigenvalue weighted by Gasteiger charge is -1.94. The molecule has 0 amide bonds. The van der Waals surface area contributed by atoms with Gasteiger partial charge in [-0.1, -0.05) is 0 Å². The van der Waals surface area contributed by atoms with Gasteiger partial charge in [-0.15, -0.1) is 5.10 Å². The maximum Gasteiger partial charge on any atom is 0.288 e. The minimum Gasteiger partial charge on any atom is -0.258 e. The van der Waals surface area contributed by atoms with Crippen LogP contribution in [0.2, 0.25) is 0 Å². The van der Waals surface area contributed by atoms with E-state index < -0.39 is 4.92 Å². The van der Waals surface area contributed by atoms with Crippen LogP contribution in [0.1, 0.15) is 5.56 Å². The summed E-state index contributed by atoms with van der Waals surface area (Å²) in [5.74, 6) is 0. The van der Waals surface area contributed by atoms with Crippen molar-refractivity contribution in [2.75, 3.05) is 0 Å². The molecule has 13 heavy (non-hydrogen) atoms. The second-order valence-corrected chi connectivity index (χ2v) is 2.59. The third kappa shape index (κ3) is 1.10. The Hall–Kier alpha value is -2.05. The van der Waals surface area contributed by atoms with Crippen molar-refractivity contribution in [3.8, 4) is 0 Å². The summed E-state index contributed by atoms with van der Waals surface area (Å²) < 4.78 is 1.29. The third-order valence-corrected chi connectivity index (χ3v) is 1.68. The molecule has 0 saturated carbocycles. The average molecular weight is 179 g/mol. The zero-order valence-electron chi connectivity index (χ0n) is 6.71. The molecule has 66 valence electrons. The molecule has 2 heterocycles. The molecular weight excluding hydrogens is 174 g/mol. The Kier molecular flexibility index (Phi) is 1.44. The van der Waals surface area contributed by atoms with Gasteiger partial charge in [0, 0.05) is 11.6 Å². The topological polar surface area (TPSA) is 86.2 Å². The first kappa shape index (κ1) is 7.59. The normalized spacial score (nSPS) is 10.5. The van der Waals surface area contributed by atoms with Crippen molar-refractivity contribution in [3.63, 3.8) is 0 Å². The van der Waals surface area contributed by atoms with Crippen LogP contribution in [0.25, 0.3) is 5.65 Å². The van der Waals surface area contributed by atoms with E-state index in [2.05, 4.69) is 15.5 Å². The number of aryl methyl sites for hydroxylation is 1. The average Bonchev–Trinajstić information content (AvgIpc) is 2.51. The molecule has 0 aliphatic rings. The highest BCUT2D eigenvalue weighted by Gasteiger charge is 2.10. The maximum absolute atomic E-state index is 10.4. The number of nitro groups is 1. The highest BCUT2D eigenvalue weighted by molar-refractivity contribution is 5.49. The summed E-state index contributed by atoms with van der Waals surface area (Å²) in [6.45, 7) is 1.72. The van der Waals surface area contributed by atoms with Crippen molar-refractivity contribution in [2.45, 2.75) is 6.92 Å². The van der Waals surface area contributed by atoms with Crippen molar-refractivity contribution in [2.24, 2.45) is 0 Å². The number of nitrogens with zero attached hydrogens (tertiary/aromatic N) is 5. The van der Waals surface area contributed by atoms with Crippen LogP contribution < -0.4 is 0 Å². The lowest BCUT2D eigenvalue weighted by molar-refractivity contribution is -0.385. The van der Waals surface area contributed by atoms with Gasteiger partial charge in [-0.25, -0.2) is 0 Å². The SMILES string of the molecule is Cc1cc([N+](=O)[O-])cn2nnnc12. The van der Waals surface area contributed by atoms with Crippen molar-refractivity contribution >= 4 is 11.3 Å². The lowest BCUT2D eigenvalue weighted by Crippen LogP contribution is -1.95. The molecule has 0 aliphatic heterocycles. The lowest BCUT2D eigenvalue weighted by atomic mass is 10.3. The number of tetrazole rings is 1. The largest absolute Gasteiger partial charge is 0.288 e. The summed E-state index contributed by atoms with van der Waals surface area (Å²) in [7, 11) is 0. The summed E-state index contributed by atoms with van der Waals surface area (Å²) in [5.41, 5.74) is 1.20. The van der Waals surface area contributed by atoms with E-state index in [1.54, 1.807) is 6.92 Å². The van der Waals surface area contributed by atoms with Crippen molar-refractivity contribution in [1.82, 2.24) is 20.0 Å². The number of hydrogen-bond donors (Lipinski definition) is 0. The van der Waals surface area contributed by atoms with E-state index in [9.17, 15) is 10.1 Å². The zero-order chi connectivity index (χ0) is 9.42. The summed E-state index contributed by atoms with van der Waals surface area (Å²) in [6.07, 6.45) is 1.28. The first-order valence-corrected chi connectivity index (χ1v) is 3.51. The Morgan fingerprint density at radius 3 is 3.08 bits per heavy atom. The van der Waals surface area contributed by atoms with Crippen LogP contribution in [0.3, 0.4) is 0 Å². The van der Waals surface area contributed by atoms with Gasteiger partial charge in [0.05, 0.1) is 4.92 Å². The molecule has 0 saturated heterocycles. The van der Waals surface area contributed by atoms with Gasteiger partial charge in [0.1, 0.15) is 6.20 Å². The summed E-state index contributed by atoms with van der Waals surface area (Å²) in [5, 5.41) is 21.1. The minimum absolute atomic E-state index is 0.0164. The van der Waals surface area contributed by atoms with Gasteiger partial charge in [0.2, 0.25) is 0 Å². The number of fused-ring (bicyclic) bond motifs is 1. The standard InChI is InChI=1S/C6H5N5O2/c1-4-2-5(11(12)13)3-10-6(4)7-8-9-10/h2-3H,1H3. The quantitative estimate of drug-likeness (QED) is 0.465. The number of hydrogen-bond acceptors (Lipinski definition) is 5. The van der Waals surface area contributed by atoms with Gasteiger partial charge in [-0.05, 0) is 17.4 Å². The molecule has 0 fully saturated rings. The molecule has 0 atom stereocenters. The van der Waals surface area contributed by atoms with Gasteiger partial charge in [-0.3, -0.25) is 10.1 Å². The molecule has 2 aromatic heterocycles. The Morgan fingerprint density at radius 1 is 1.62 bits per heavy atom. The van der Waals surface area contributed by atoms with Crippen molar-refractivity contribution < 1.29 is 4.92 Å². The Balaban J connectivity index is 2.77.